The number of aromatic nitrogens is 3. The lowest BCUT2D eigenvalue weighted by molar-refractivity contribution is 0.406. The third-order valence-electron chi connectivity index (χ3n) is 4.26. The van der Waals surface area contributed by atoms with Crippen molar-refractivity contribution in [2.75, 3.05) is 32.1 Å². The van der Waals surface area contributed by atoms with E-state index in [1.165, 1.54) is 12.8 Å². The molecule has 1 fully saturated rings. The molecule has 5 heteroatoms. The van der Waals surface area contributed by atoms with E-state index < -0.39 is 0 Å². The van der Waals surface area contributed by atoms with Gasteiger partial charge in [-0.3, -0.25) is 0 Å². The van der Waals surface area contributed by atoms with Crippen molar-refractivity contribution in [2.45, 2.75) is 31.6 Å². The van der Waals surface area contributed by atoms with Gasteiger partial charge in [-0.05, 0) is 31.5 Å². The molecule has 0 bridgehead atoms. The third-order valence-corrected chi connectivity index (χ3v) is 4.26. The minimum absolute atomic E-state index is 0.160. The fourth-order valence-electron chi connectivity index (χ4n) is 3.14. The number of hydrogen-bond donors (Lipinski definition) is 2. The highest BCUT2D eigenvalue weighted by Gasteiger charge is 2.37. The number of imidazole rings is 1. The Morgan fingerprint density at radius 1 is 1.30 bits per heavy atom. The van der Waals surface area contributed by atoms with Crippen LogP contribution in [0.4, 0.5) is 5.82 Å². The van der Waals surface area contributed by atoms with Crippen LogP contribution in [0.25, 0.3) is 11.2 Å². The minimum Gasteiger partial charge on any atom is -0.363 e. The van der Waals surface area contributed by atoms with Gasteiger partial charge in [-0.25, -0.2) is 9.97 Å². The Kier molecular flexibility index (Phi) is 3.38. The van der Waals surface area contributed by atoms with Gasteiger partial charge in [0.25, 0.3) is 0 Å². The van der Waals surface area contributed by atoms with Gasteiger partial charge >= 0.3 is 0 Å². The molecule has 2 N–H and O–H groups in total. The maximum Gasteiger partial charge on any atom is 0.179 e. The fraction of sp³-hybridized carbons (Fsp3) is 0.600. The summed E-state index contributed by atoms with van der Waals surface area (Å²) in [7, 11) is 4.00. The summed E-state index contributed by atoms with van der Waals surface area (Å²) < 4.78 is 0. The number of rotatable bonds is 4. The van der Waals surface area contributed by atoms with Crippen LogP contribution in [-0.2, 0) is 5.41 Å². The molecule has 3 rings (SSSR count). The second-order valence-electron chi connectivity index (χ2n) is 5.98. The van der Waals surface area contributed by atoms with Gasteiger partial charge in [0.2, 0.25) is 0 Å². The van der Waals surface area contributed by atoms with Crippen LogP contribution in [-0.4, -0.2) is 42.1 Å². The molecule has 0 aliphatic carbocycles. The van der Waals surface area contributed by atoms with Crippen LogP contribution in [0.3, 0.4) is 0 Å². The van der Waals surface area contributed by atoms with Crippen molar-refractivity contribution in [2.24, 2.45) is 0 Å². The zero-order chi connectivity index (χ0) is 14.2. The summed E-state index contributed by atoms with van der Waals surface area (Å²) in [5, 5.41) is 3.48. The number of fused-ring (bicyclic) bond motifs is 1. The Morgan fingerprint density at radius 2 is 2.15 bits per heavy atom. The molecule has 0 spiro atoms. The average Bonchev–Trinajstić information content (AvgIpc) is 3.04. The van der Waals surface area contributed by atoms with E-state index >= 15 is 0 Å². The highest BCUT2D eigenvalue weighted by atomic mass is 15.2. The SMILES string of the molecule is CCCC1(c2nc3nc(N(C)C)ccc3[nH]2)CCNC1. The molecule has 0 aromatic carbocycles. The van der Waals surface area contributed by atoms with Crippen LogP contribution < -0.4 is 10.2 Å². The van der Waals surface area contributed by atoms with Gasteiger partial charge in [0.05, 0.1) is 5.52 Å². The molecular weight excluding hydrogens is 250 g/mol. The highest BCUT2D eigenvalue weighted by molar-refractivity contribution is 5.73. The van der Waals surface area contributed by atoms with Crippen LogP contribution in [0.1, 0.15) is 32.0 Å². The van der Waals surface area contributed by atoms with Gasteiger partial charge in [0.15, 0.2) is 5.65 Å². The molecule has 2 aromatic rings. The molecule has 1 aliphatic rings. The van der Waals surface area contributed by atoms with E-state index in [0.717, 1.165) is 42.3 Å². The van der Waals surface area contributed by atoms with Crippen LogP contribution in [0.15, 0.2) is 12.1 Å². The summed E-state index contributed by atoms with van der Waals surface area (Å²) in [4.78, 5) is 14.9. The van der Waals surface area contributed by atoms with E-state index in [2.05, 4.69) is 28.3 Å². The van der Waals surface area contributed by atoms with Crippen molar-refractivity contribution in [1.29, 1.82) is 0 Å². The highest BCUT2D eigenvalue weighted by Crippen LogP contribution is 2.34. The van der Waals surface area contributed by atoms with Crippen molar-refractivity contribution in [3.05, 3.63) is 18.0 Å². The second kappa shape index (κ2) is 5.05. The zero-order valence-electron chi connectivity index (χ0n) is 12.5. The molecule has 0 radical (unpaired) electrons. The molecular formula is C15H23N5. The maximum atomic E-state index is 4.80. The molecule has 3 heterocycles. The lowest BCUT2D eigenvalue weighted by Gasteiger charge is -2.25. The Balaban J connectivity index is 2.03. The first-order chi connectivity index (χ1) is 9.64. The number of aromatic amines is 1. The smallest absolute Gasteiger partial charge is 0.179 e. The summed E-state index contributed by atoms with van der Waals surface area (Å²) in [5.41, 5.74) is 2.02. The maximum absolute atomic E-state index is 4.80. The molecule has 0 saturated carbocycles. The predicted octanol–water partition coefficient (Wildman–Crippen LogP) is 2.06. The monoisotopic (exact) mass is 273 g/mol. The van der Waals surface area contributed by atoms with Crippen LogP contribution in [0.5, 0.6) is 0 Å². The number of hydrogen-bond acceptors (Lipinski definition) is 4. The summed E-state index contributed by atoms with van der Waals surface area (Å²) >= 11 is 0. The third kappa shape index (κ3) is 2.16. The van der Waals surface area contributed by atoms with Crippen molar-refractivity contribution in [3.63, 3.8) is 0 Å². The molecule has 1 aliphatic heterocycles. The Labute approximate surface area is 119 Å². The first kappa shape index (κ1) is 13.4. The fourth-order valence-corrected chi connectivity index (χ4v) is 3.14. The molecule has 5 nitrogen and oxygen atoms in total. The molecule has 108 valence electrons. The summed E-state index contributed by atoms with van der Waals surface area (Å²) in [6.07, 6.45) is 3.50. The second-order valence-corrected chi connectivity index (χ2v) is 5.98. The van der Waals surface area contributed by atoms with Crippen molar-refractivity contribution in [3.8, 4) is 0 Å². The normalized spacial score (nSPS) is 22.6. The standard InChI is InChI=1S/C15H23N5/c1-4-7-15(8-9-16-10-15)14-17-11-5-6-12(20(2)3)18-13(11)19-14/h5-6,16H,4,7-10H2,1-3H3,(H,17,18,19). The van der Waals surface area contributed by atoms with E-state index in [4.69, 9.17) is 4.98 Å². The van der Waals surface area contributed by atoms with Gasteiger partial charge in [0.1, 0.15) is 11.6 Å². The zero-order valence-corrected chi connectivity index (χ0v) is 12.5. The van der Waals surface area contributed by atoms with Gasteiger partial charge < -0.3 is 15.2 Å². The molecule has 0 amide bonds. The first-order valence-electron chi connectivity index (χ1n) is 7.40. The Bertz CT molecular complexity index is 595. The lowest BCUT2D eigenvalue weighted by Crippen LogP contribution is -2.30. The van der Waals surface area contributed by atoms with Gasteiger partial charge in [-0.2, -0.15) is 0 Å². The van der Waals surface area contributed by atoms with Crippen LogP contribution in [0.2, 0.25) is 0 Å². The van der Waals surface area contributed by atoms with E-state index in [9.17, 15) is 0 Å². The Morgan fingerprint density at radius 3 is 2.80 bits per heavy atom. The summed E-state index contributed by atoms with van der Waals surface area (Å²) in [6, 6.07) is 4.11. The molecule has 1 saturated heterocycles. The molecule has 20 heavy (non-hydrogen) atoms. The number of nitrogens with one attached hydrogen (secondary N) is 2. The predicted molar refractivity (Wildman–Crippen MR) is 82.3 cm³/mol. The lowest BCUT2D eigenvalue weighted by atomic mass is 9.82. The number of H-pyrrole nitrogens is 1. The number of nitrogens with zero attached hydrogens (tertiary/aromatic N) is 3. The largest absolute Gasteiger partial charge is 0.363 e. The number of anilines is 1. The van der Waals surface area contributed by atoms with Crippen molar-refractivity contribution >= 4 is 17.0 Å². The Hall–Kier alpha value is -1.62. The van der Waals surface area contributed by atoms with E-state index in [1.807, 2.05) is 25.1 Å². The van der Waals surface area contributed by atoms with Gasteiger partial charge in [-0.1, -0.05) is 13.3 Å². The molecule has 1 atom stereocenters. The molecule has 2 aromatic heterocycles. The van der Waals surface area contributed by atoms with Gasteiger partial charge in [-0.15, -0.1) is 0 Å². The van der Waals surface area contributed by atoms with Crippen LogP contribution in [0, 0.1) is 0 Å². The van der Waals surface area contributed by atoms with Crippen molar-refractivity contribution < 1.29 is 0 Å². The first-order valence-corrected chi connectivity index (χ1v) is 7.40. The quantitative estimate of drug-likeness (QED) is 0.895. The average molecular weight is 273 g/mol. The van der Waals surface area contributed by atoms with E-state index in [0.29, 0.717) is 0 Å². The van der Waals surface area contributed by atoms with Crippen LogP contribution >= 0.6 is 0 Å². The van der Waals surface area contributed by atoms with Gasteiger partial charge in [0, 0.05) is 26.1 Å². The molecule has 1 unspecified atom stereocenters. The summed E-state index contributed by atoms with van der Waals surface area (Å²) in [6.45, 7) is 4.33. The topological polar surface area (TPSA) is 56.8 Å². The van der Waals surface area contributed by atoms with E-state index in [1.54, 1.807) is 0 Å². The number of pyridine rings is 1. The minimum atomic E-state index is 0.160. The van der Waals surface area contributed by atoms with Crippen molar-refractivity contribution in [1.82, 2.24) is 20.3 Å². The summed E-state index contributed by atoms with van der Waals surface area (Å²) in [5.74, 6) is 2.05. The van der Waals surface area contributed by atoms with E-state index in [-0.39, 0.29) is 5.41 Å².